The van der Waals surface area contributed by atoms with Crippen LogP contribution in [0.15, 0.2) is 18.2 Å². The number of phenols is 1. The van der Waals surface area contributed by atoms with Gasteiger partial charge < -0.3 is 15.7 Å². The molecule has 16 heavy (non-hydrogen) atoms. The summed E-state index contributed by atoms with van der Waals surface area (Å²) in [6.07, 6.45) is 4.41. The summed E-state index contributed by atoms with van der Waals surface area (Å²) < 4.78 is 0. The molecule has 0 spiro atoms. The molecule has 2 unspecified atom stereocenters. The molecule has 0 amide bonds. The second-order valence-corrected chi connectivity index (χ2v) is 4.89. The van der Waals surface area contributed by atoms with Crippen LogP contribution in [0.5, 0.6) is 5.75 Å². The number of nitrogens with zero attached hydrogens (tertiary/aromatic N) is 1. The molecular formula is C13H18N2O. The minimum absolute atomic E-state index is 0.265. The van der Waals surface area contributed by atoms with Crippen LogP contribution in [-0.2, 0) is 6.42 Å². The molecule has 3 N–H and O–H groups in total. The first kappa shape index (κ1) is 9.97. The van der Waals surface area contributed by atoms with Crippen molar-refractivity contribution in [1.29, 1.82) is 0 Å². The van der Waals surface area contributed by atoms with Gasteiger partial charge in [-0.1, -0.05) is 12.1 Å². The van der Waals surface area contributed by atoms with Crippen molar-refractivity contribution in [2.24, 2.45) is 5.73 Å². The zero-order chi connectivity index (χ0) is 11.1. The molecule has 0 aromatic heterocycles. The third kappa shape index (κ3) is 1.39. The predicted octanol–water partition coefficient (Wildman–Crippen LogP) is 1.63. The number of benzene rings is 1. The van der Waals surface area contributed by atoms with Crippen LogP contribution in [-0.4, -0.2) is 23.7 Å². The molecule has 2 heterocycles. The summed E-state index contributed by atoms with van der Waals surface area (Å²) in [4.78, 5) is 2.32. The zero-order valence-corrected chi connectivity index (χ0v) is 9.39. The summed E-state index contributed by atoms with van der Waals surface area (Å²) in [7, 11) is 0. The second kappa shape index (κ2) is 3.67. The van der Waals surface area contributed by atoms with E-state index in [0.29, 0.717) is 11.8 Å². The standard InChI is InChI=1S/C13H18N2O/c14-10-4-2-8-15-11(10)7-6-9-3-1-5-12(16)13(9)15/h1,3,5,10-11,16H,2,4,6-8,14H2. The summed E-state index contributed by atoms with van der Waals surface area (Å²) >= 11 is 0. The van der Waals surface area contributed by atoms with Gasteiger partial charge in [0.15, 0.2) is 0 Å². The summed E-state index contributed by atoms with van der Waals surface area (Å²) in [5.41, 5.74) is 8.48. The molecule has 0 saturated carbocycles. The first-order chi connectivity index (χ1) is 7.77. The van der Waals surface area contributed by atoms with E-state index in [4.69, 9.17) is 5.73 Å². The van der Waals surface area contributed by atoms with Crippen molar-refractivity contribution in [2.75, 3.05) is 11.4 Å². The van der Waals surface area contributed by atoms with Gasteiger partial charge in [-0.05, 0) is 37.3 Å². The number of para-hydroxylation sites is 1. The van der Waals surface area contributed by atoms with Crippen LogP contribution >= 0.6 is 0 Å². The molecule has 1 saturated heterocycles. The quantitative estimate of drug-likeness (QED) is 0.696. The van der Waals surface area contributed by atoms with Crippen LogP contribution in [0, 0.1) is 0 Å². The topological polar surface area (TPSA) is 49.5 Å². The van der Waals surface area contributed by atoms with Crippen LogP contribution in [0.3, 0.4) is 0 Å². The number of fused-ring (bicyclic) bond motifs is 3. The van der Waals surface area contributed by atoms with Gasteiger partial charge in [0.25, 0.3) is 0 Å². The largest absolute Gasteiger partial charge is 0.506 e. The molecule has 0 bridgehead atoms. The monoisotopic (exact) mass is 218 g/mol. The summed E-state index contributed by atoms with van der Waals surface area (Å²) in [5, 5.41) is 10.00. The second-order valence-electron chi connectivity index (χ2n) is 4.89. The molecule has 3 heteroatoms. The molecule has 86 valence electrons. The third-order valence-corrected chi connectivity index (χ3v) is 3.93. The Balaban J connectivity index is 2.04. The number of phenolic OH excluding ortho intramolecular Hbond substituents is 1. The van der Waals surface area contributed by atoms with E-state index in [2.05, 4.69) is 11.0 Å². The van der Waals surface area contributed by atoms with E-state index < -0.39 is 0 Å². The van der Waals surface area contributed by atoms with E-state index in [-0.39, 0.29) is 6.04 Å². The Hall–Kier alpha value is -1.22. The predicted molar refractivity (Wildman–Crippen MR) is 64.8 cm³/mol. The molecule has 3 rings (SSSR count). The van der Waals surface area contributed by atoms with Crippen molar-refractivity contribution in [2.45, 2.75) is 37.8 Å². The molecule has 0 radical (unpaired) electrons. The van der Waals surface area contributed by atoms with Crippen molar-refractivity contribution in [3.8, 4) is 5.75 Å². The number of rotatable bonds is 0. The minimum atomic E-state index is 0.265. The van der Waals surface area contributed by atoms with Crippen molar-refractivity contribution >= 4 is 5.69 Å². The fourth-order valence-electron chi connectivity index (χ4n) is 3.15. The molecule has 3 nitrogen and oxygen atoms in total. The van der Waals surface area contributed by atoms with Crippen molar-refractivity contribution < 1.29 is 5.11 Å². The highest BCUT2D eigenvalue weighted by atomic mass is 16.3. The fraction of sp³-hybridized carbons (Fsp3) is 0.538. The Morgan fingerprint density at radius 3 is 3.06 bits per heavy atom. The van der Waals surface area contributed by atoms with Crippen molar-refractivity contribution in [1.82, 2.24) is 0 Å². The van der Waals surface area contributed by atoms with Crippen molar-refractivity contribution in [3.05, 3.63) is 23.8 Å². The molecule has 2 aliphatic rings. The van der Waals surface area contributed by atoms with Crippen LogP contribution in [0.4, 0.5) is 5.69 Å². The molecule has 1 fully saturated rings. The molecule has 1 aromatic carbocycles. The van der Waals surface area contributed by atoms with Crippen LogP contribution in [0.2, 0.25) is 0 Å². The van der Waals surface area contributed by atoms with Gasteiger partial charge in [0, 0.05) is 18.6 Å². The first-order valence-electron chi connectivity index (χ1n) is 6.10. The van der Waals surface area contributed by atoms with Gasteiger partial charge >= 0.3 is 0 Å². The molecule has 2 aliphatic heterocycles. The van der Waals surface area contributed by atoms with E-state index in [0.717, 1.165) is 37.9 Å². The lowest BCUT2D eigenvalue weighted by atomic mass is 9.86. The van der Waals surface area contributed by atoms with E-state index in [1.165, 1.54) is 5.56 Å². The zero-order valence-electron chi connectivity index (χ0n) is 9.39. The Labute approximate surface area is 95.9 Å². The lowest BCUT2D eigenvalue weighted by Crippen LogP contribution is -2.54. The van der Waals surface area contributed by atoms with Crippen LogP contribution < -0.4 is 10.6 Å². The average molecular weight is 218 g/mol. The van der Waals surface area contributed by atoms with E-state index in [9.17, 15) is 5.11 Å². The van der Waals surface area contributed by atoms with Crippen LogP contribution in [0.25, 0.3) is 0 Å². The van der Waals surface area contributed by atoms with Crippen molar-refractivity contribution in [3.63, 3.8) is 0 Å². The Bertz CT molecular complexity index is 405. The van der Waals surface area contributed by atoms with E-state index >= 15 is 0 Å². The maximum atomic E-state index is 10.00. The molecule has 1 aromatic rings. The van der Waals surface area contributed by atoms with E-state index in [1.54, 1.807) is 6.07 Å². The maximum Gasteiger partial charge on any atom is 0.139 e. The summed E-state index contributed by atoms with van der Waals surface area (Å²) in [5.74, 6) is 0.413. The number of aryl methyl sites for hydroxylation is 1. The highest BCUT2D eigenvalue weighted by molar-refractivity contribution is 5.65. The Morgan fingerprint density at radius 2 is 2.19 bits per heavy atom. The maximum absolute atomic E-state index is 10.00. The molecule has 2 atom stereocenters. The smallest absolute Gasteiger partial charge is 0.139 e. The van der Waals surface area contributed by atoms with Gasteiger partial charge in [-0.25, -0.2) is 0 Å². The summed E-state index contributed by atoms with van der Waals surface area (Å²) in [6, 6.07) is 6.52. The van der Waals surface area contributed by atoms with Crippen LogP contribution in [0.1, 0.15) is 24.8 Å². The van der Waals surface area contributed by atoms with Gasteiger partial charge in [0.1, 0.15) is 5.75 Å². The highest BCUT2D eigenvalue weighted by Gasteiger charge is 2.34. The molecular weight excluding hydrogens is 200 g/mol. The number of aromatic hydroxyl groups is 1. The third-order valence-electron chi connectivity index (χ3n) is 3.93. The van der Waals surface area contributed by atoms with Gasteiger partial charge in [0.05, 0.1) is 5.69 Å². The van der Waals surface area contributed by atoms with E-state index in [1.807, 2.05) is 6.07 Å². The number of hydrogen-bond acceptors (Lipinski definition) is 3. The number of anilines is 1. The lowest BCUT2D eigenvalue weighted by molar-refractivity contribution is 0.365. The SMILES string of the molecule is NC1CCCN2c3c(O)cccc3CCC12. The first-order valence-corrected chi connectivity index (χ1v) is 6.10. The number of piperidine rings is 1. The number of hydrogen-bond donors (Lipinski definition) is 2. The van der Waals surface area contributed by atoms with Gasteiger partial charge in [-0.15, -0.1) is 0 Å². The van der Waals surface area contributed by atoms with Gasteiger partial charge in [-0.3, -0.25) is 0 Å². The normalized spacial score (nSPS) is 28.4. The Kier molecular flexibility index (Phi) is 2.28. The fourth-order valence-corrected chi connectivity index (χ4v) is 3.15. The van der Waals surface area contributed by atoms with Gasteiger partial charge in [0.2, 0.25) is 0 Å². The lowest BCUT2D eigenvalue weighted by Gasteiger charge is -2.45. The summed E-state index contributed by atoms with van der Waals surface area (Å²) in [6.45, 7) is 1.03. The number of nitrogens with two attached hydrogens (primary N) is 1. The van der Waals surface area contributed by atoms with Gasteiger partial charge in [-0.2, -0.15) is 0 Å². The Morgan fingerprint density at radius 1 is 1.31 bits per heavy atom. The minimum Gasteiger partial charge on any atom is -0.506 e. The average Bonchev–Trinajstić information content (AvgIpc) is 2.29. The molecule has 0 aliphatic carbocycles. The highest BCUT2D eigenvalue weighted by Crippen LogP contribution is 2.40.